The first-order valence-electron chi connectivity index (χ1n) is 6.03. The molecule has 0 fully saturated rings. The number of hydrogen-bond donors (Lipinski definition) is 1. The van der Waals surface area contributed by atoms with Crippen LogP contribution in [0.3, 0.4) is 0 Å². The van der Waals surface area contributed by atoms with Crippen molar-refractivity contribution in [1.29, 1.82) is 5.26 Å². The highest BCUT2D eigenvalue weighted by molar-refractivity contribution is 9.10. The van der Waals surface area contributed by atoms with Crippen LogP contribution in [0.1, 0.15) is 24.1 Å². The molecule has 2 aromatic carbocycles. The van der Waals surface area contributed by atoms with Gasteiger partial charge in [0.15, 0.2) is 0 Å². The van der Waals surface area contributed by atoms with Gasteiger partial charge < -0.3 is 5.32 Å². The van der Waals surface area contributed by atoms with Crippen molar-refractivity contribution in [3.63, 3.8) is 0 Å². The van der Waals surface area contributed by atoms with E-state index in [9.17, 15) is 4.39 Å². The van der Waals surface area contributed by atoms with Crippen LogP contribution in [0.5, 0.6) is 0 Å². The molecular weight excluding hydrogens is 378 g/mol. The zero-order valence-electron chi connectivity index (χ0n) is 10.9. The molecule has 0 heterocycles. The molecule has 0 radical (unpaired) electrons. The zero-order chi connectivity index (χ0) is 15.6. The van der Waals surface area contributed by atoms with Crippen LogP contribution in [-0.4, -0.2) is 0 Å². The van der Waals surface area contributed by atoms with Crippen molar-refractivity contribution in [1.82, 2.24) is 0 Å². The molecule has 0 saturated carbocycles. The minimum absolute atomic E-state index is 0.0176. The highest BCUT2D eigenvalue weighted by Crippen LogP contribution is 2.35. The number of rotatable bonds is 3. The Bertz CT molecular complexity index is 728. The molecule has 6 heteroatoms. The number of nitrogens with zero attached hydrogens (tertiary/aromatic N) is 1. The fourth-order valence-corrected chi connectivity index (χ4v) is 3.04. The second kappa shape index (κ2) is 6.65. The molecule has 2 nitrogen and oxygen atoms in total. The lowest BCUT2D eigenvalue weighted by molar-refractivity contribution is 0.624. The van der Waals surface area contributed by atoms with Crippen molar-refractivity contribution >= 4 is 44.8 Å². The molecule has 0 aliphatic rings. The zero-order valence-corrected chi connectivity index (χ0v) is 14.0. The van der Waals surface area contributed by atoms with E-state index in [0.717, 1.165) is 4.47 Å². The van der Waals surface area contributed by atoms with E-state index in [-0.39, 0.29) is 11.1 Å². The molecule has 0 aliphatic carbocycles. The van der Waals surface area contributed by atoms with Crippen molar-refractivity contribution < 1.29 is 4.39 Å². The molecule has 0 aromatic heterocycles. The standard InChI is InChI=1S/C15H10BrCl2FN2/c1-8(14-11(17)4-5-12(19)15(14)18)21-13-6-10(16)3-2-9(13)7-20/h2-6,8,21H,1H3. The predicted molar refractivity (Wildman–Crippen MR) is 87.3 cm³/mol. The smallest absolute Gasteiger partial charge is 0.142 e. The van der Waals surface area contributed by atoms with Gasteiger partial charge in [0.05, 0.1) is 22.3 Å². The van der Waals surface area contributed by atoms with Gasteiger partial charge in [0.2, 0.25) is 0 Å². The summed E-state index contributed by atoms with van der Waals surface area (Å²) in [6.45, 7) is 1.80. The van der Waals surface area contributed by atoms with Crippen molar-refractivity contribution in [3.05, 3.63) is 61.8 Å². The first-order valence-corrected chi connectivity index (χ1v) is 7.58. The molecule has 0 spiro atoms. The lowest BCUT2D eigenvalue weighted by Crippen LogP contribution is -2.10. The van der Waals surface area contributed by atoms with Gasteiger partial charge in [-0.1, -0.05) is 39.1 Å². The molecule has 21 heavy (non-hydrogen) atoms. The third-order valence-electron chi connectivity index (χ3n) is 2.99. The lowest BCUT2D eigenvalue weighted by atomic mass is 10.1. The van der Waals surface area contributed by atoms with E-state index >= 15 is 0 Å². The van der Waals surface area contributed by atoms with Crippen LogP contribution in [-0.2, 0) is 0 Å². The van der Waals surface area contributed by atoms with Crippen LogP contribution in [0.4, 0.5) is 10.1 Å². The summed E-state index contributed by atoms with van der Waals surface area (Å²) < 4.78 is 14.4. The Morgan fingerprint density at radius 2 is 2.00 bits per heavy atom. The fourth-order valence-electron chi connectivity index (χ4n) is 1.98. The molecule has 0 bridgehead atoms. The van der Waals surface area contributed by atoms with Gasteiger partial charge >= 0.3 is 0 Å². The van der Waals surface area contributed by atoms with Gasteiger partial charge in [-0.2, -0.15) is 5.26 Å². The summed E-state index contributed by atoms with van der Waals surface area (Å²) in [5.41, 5.74) is 1.56. The van der Waals surface area contributed by atoms with E-state index < -0.39 is 5.82 Å². The van der Waals surface area contributed by atoms with Gasteiger partial charge in [-0.3, -0.25) is 0 Å². The Balaban J connectivity index is 2.40. The topological polar surface area (TPSA) is 35.8 Å². The second-order valence-corrected chi connectivity index (χ2v) is 6.13. The number of nitriles is 1. The van der Waals surface area contributed by atoms with Crippen LogP contribution in [0.25, 0.3) is 0 Å². The number of anilines is 1. The van der Waals surface area contributed by atoms with E-state index in [0.29, 0.717) is 21.8 Å². The number of hydrogen-bond acceptors (Lipinski definition) is 2. The van der Waals surface area contributed by atoms with Crippen LogP contribution in [0.2, 0.25) is 10.0 Å². The summed E-state index contributed by atoms with van der Waals surface area (Å²) in [5, 5.41) is 12.6. The van der Waals surface area contributed by atoms with Gasteiger partial charge in [-0.05, 0) is 37.3 Å². The maximum Gasteiger partial charge on any atom is 0.142 e. The fraction of sp³-hybridized carbons (Fsp3) is 0.133. The third kappa shape index (κ3) is 3.49. The van der Waals surface area contributed by atoms with E-state index in [1.165, 1.54) is 12.1 Å². The second-order valence-electron chi connectivity index (χ2n) is 4.42. The Morgan fingerprint density at radius 3 is 2.67 bits per heavy atom. The Kier molecular flexibility index (Phi) is 5.10. The van der Waals surface area contributed by atoms with E-state index in [4.69, 9.17) is 28.5 Å². The van der Waals surface area contributed by atoms with Gasteiger partial charge in [0.25, 0.3) is 0 Å². The average molecular weight is 388 g/mol. The first-order chi connectivity index (χ1) is 9.93. The van der Waals surface area contributed by atoms with Crippen LogP contribution in [0, 0.1) is 17.1 Å². The minimum atomic E-state index is -0.528. The normalized spacial score (nSPS) is 11.8. The molecular formula is C15H10BrCl2FN2. The van der Waals surface area contributed by atoms with Crippen LogP contribution < -0.4 is 5.32 Å². The maximum absolute atomic E-state index is 13.6. The Morgan fingerprint density at radius 1 is 1.29 bits per heavy atom. The number of benzene rings is 2. The monoisotopic (exact) mass is 386 g/mol. The first kappa shape index (κ1) is 16.1. The Hall–Kier alpha value is -1.28. The highest BCUT2D eigenvalue weighted by atomic mass is 79.9. The van der Waals surface area contributed by atoms with Crippen molar-refractivity contribution in [2.45, 2.75) is 13.0 Å². The quantitative estimate of drug-likeness (QED) is 0.661. The molecule has 0 aliphatic heterocycles. The summed E-state index contributed by atoms with van der Waals surface area (Å²) >= 11 is 15.4. The Labute approximate surface area is 140 Å². The molecule has 2 rings (SSSR count). The van der Waals surface area contributed by atoms with Crippen LogP contribution in [0.15, 0.2) is 34.8 Å². The number of nitrogens with one attached hydrogen (secondary N) is 1. The minimum Gasteiger partial charge on any atom is -0.377 e. The predicted octanol–water partition coefficient (Wildman–Crippen LogP) is 5.94. The highest BCUT2D eigenvalue weighted by Gasteiger charge is 2.18. The molecule has 1 atom stereocenters. The molecule has 108 valence electrons. The maximum atomic E-state index is 13.6. The molecule has 0 saturated heterocycles. The SMILES string of the molecule is CC(Nc1cc(Br)ccc1C#N)c1c(Cl)ccc(F)c1Cl. The molecule has 0 amide bonds. The van der Waals surface area contributed by atoms with Gasteiger partial charge in [0.1, 0.15) is 11.9 Å². The van der Waals surface area contributed by atoms with Crippen molar-refractivity contribution in [2.75, 3.05) is 5.32 Å². The van der Waals surface area contributed by atoms with Gasteiger partial charge in [-0.25, -0.2) is 4.39 Å². The third-order valence-corrected chi connectivity index (χ3v) is 4.19. The van der Waals surface area contributed by atoms with Crippen molar-refractivity contribution in [3.8, 4) is 6.07 Å². The van der Waals surface area contributed by atoms with E-state index in [1.54, 1.807) is 25.1 Å². The molecule has 2 aromatic rings. The average Bonchev–Trinajstić information content (AvgIpc) is 2.43. The van der Waals surface area contributed by atoms with E-state index in [1.807, 2.05) is 0 Å². The summed E-state index contributed by atoms with van der Waals surface area (Å²) in [4.78, 5) is 0. The molecule has 1 N–H and O–H groups in total. The van der Waals surface area contributed by atoms with Crippen molar-refractivity contribution in [2.24, 2.45) is 0 Å². The summed E-state index contributed by atoms with van der Waals surface area (Å²) in [7, 11) is 0. The van der Waals surface area contributed by atoms with E-state index in [2.05, 4.69) is 27.3 Å². The summed E-state index contributed by atoms with van der Waals surface area (Å²) in [6.07, 6.45) is 0. The molecule has 1 unspecified atom stereocenters. The summed E-state index contributed by atoms with van der Waals surface area (Å²) in [6, 6.07) is 9.66. The summed E-state index contributed by atoms with van der Waals surface area (Å²) in [5.74, 6) is -0.528. The number of halogens is 4. The van der Waals surface area contributed by atoms with Crippen LogP contribution >= 0.6 is 39.1 Å². The largest absolute Gasteiger partial charge is 0.377 e. The van der Waals surface area contributed by atoms with Gasteiger partial charge in [0, 0.05) is 15.1 Å². The van der Waals surface area contributed by atoms with Gasteiger partial charge in [-0.15, -0.1) is 0 Å². The lowest BCUT2D eigenvalue weighted by Gasteiger charge is -2.19.